The van der Waals surface area contributed by atoms with E-state index in [0.717, 1.165) is 37.4 Å². The fraction of sp³-hybridized carbons (Fsp3) is 0.455. The number of benzene rings is 2. The van der Waals surface area contributed by atoms with Crippen molar-refractivity contribution in [3.8, 4) is 5.75 Å². The van der Waals surface area contributed by atoms with E-state index in [2.05, 4.69) is 35.8 Å². The third-order valence-corrected chi connectivity index (χ3v) is 6.94. The lowest BCUT2D eigenvalue weighted by atomic mass is 9.79. The zero-order chi connectivity index (χ0) is 18.5. The number of nitrogens with two attached hydrogens (primary N) is 1. The maximum Gasteiger partial charge on any atom is 0.120 e. The van der Waals surface area contributed by atoms with Crippen molar-refractivity contribution in [2.24, 2.45) is 11.8 Å². The van der Waals surface area contributed by atoms with Gasteiger partial charge in [-0.25, -0.2) is 0 Å². The van der Waals surface area contributed by atoms with Gasteiger partial charge in [0.2, 0.25) is 0 Å². The molecule has 2 heterocycles. The van der Waals surface area contributed by atoms with Gasteiger partial charge in [0.25, 0.3) is 0 Å². The minimum atomic E-state index is 0.0596. The lowest BCUT2D eigenvalue weighted by Gasteiger charge is -2.41. The minimum absolute atomic E-state index is 0.0596. The second kappa shape index (κ2) is 8.65. The summed E-state index contributed by atoms with van der Waals surface area (Å²) in [5.74, 6) is 9.68. The highest BCUT2D eigenvalue weighted by Gasteiger charge is 2.42. The number of nitrogens with one attached hydrogen (secondary N) is 1. The summed E-state index contributed by atoms with van der Waals surface area (Å²) in [7, 11) is 0. The molecule has 0 aromatic heterocycles. The Morgan fingerprint density at radius 3 is 2.89 bits per heavy atom. The lowest BCUT2D eigenvalue weighted by molar-refractivity contribution is -0.0854. The number of rotatable bonds is 6. The predicted octanol–water partition coefficient (Wildman–Crippen LogP) is 4.07. The highest BCUT2D eigenvalue weighted by atomic mass is 32.2. The molecule has 0 aliphatic carbocycles. The number of ether oxygens (including phenoxy) is 2. The predicted molar refractivity (Wildman–Crippen MR) is 111 cm³/mol. The molecule has 2 aliphatic heterocycles. The maximum absolute atomic E-state index is 6.18. The van der Waals surface area contributed by atoms with E-state index in [1.807, 2.05) is 36.0 Å². The van der Waals surface area contributed by atoms with E-state index in [4.69, 9.17) is 15.3 Å². The summed E-state index contributed by atoms with van der Waals surface area (Å²) in [6, 6.07) is 18.7. The molecule has 4 nitrogen and oxygen atoms in total. The van der Waals surface area contributed by atoms with Crippen LogP contribution < -0.4 is 16.0 Å². The first-order valence-electron chi connectivity index (χ1n) is 9.73. The summed E-state index contributed by atoms with van der Waals surface area (Å²) in [5.41, 5.74) is 5.50. The van der Waals surface area contributed by atoms with Crippen molar-refractivity contribution in [2.75, 3.05) is 18.1 Å². The van der Waals surface area contributed by atoms with Crippen LogP contribution in [0.15, 0.2) is 54.6 Å². The van der Waals surface area contributed by atoms with Crippen LogP contribution in [0.25, 0.3) is 0 Å². The van der Waals surface area contributed by atoms with E-state index in [-0.39, 0.29) is 11.6 Å². The Hall–Kier alpha value is -1.53. The van der Waals surface area contributed by atoms with E-state index < -0.39 is 0 Å². The molecular weight excluding hydrogens is 356 g/mol. The molecule has 2 aromatic carbocycles. The van der Waals surface area contributed by atoms with E-state index in [1.54, 1.807) is 0 Å². The van der Waals surface area contributed by atoms with Crippen molar-refractivity contribution in [1.29, 1.82) is 0 Å². The number of hydrogen-bond acceptors (Lipinski definition) is 5. The fourth-order valence-corrected chi connectivity index (χ4v) is 5.63. The van der Waals surface area contributed by atoms with Crippen LogP contribution in [-0.2, 0) is 11.3 Å². The highest BCUT2D eigenvalue weighted by molar-refractivity contribution is 7.99. The topological polar surface area (TPSA) is 56.5 Å². The van der Waals surface area contributed by atoms with Crippen LogP contribution in [0.1, 0.15) is 36.4 Å². The van der Waals surface area contributed by atoms with Gasteiger partial charge in [0.15, 0.2) is 0 Å². The second-order valence-electron chi connectivity index (χ2n) is 7.58. The van der Waals surface area contributed by atoms with Gasteiger partial charge in [-0.3, -0.25) is 11.3 Å². The van der Waals surface area contributed by atoms with Crippen LogP contribution in [0, 0.1) is 5.92 Å². The average Bonchev–Trinajstić information content (AvgIpc) is 3.16. The Morgan fingerprint density at radius 1 is 1.22 bits per heavy atom. The van der Waals surface area contributed by atoms with Crippen molar-refractivity contribution in [2.45, 2.75) is 37.5 Å². The van der Waals surface area contributed by atoms with E-state index in [9.17, 15) is 0 Å². The van der Waals surface area contributed by atoms with Crippen molar-refractivity contribution < 1.29 is 9.47 Å². The van der Waals surface area contributed by atoms with Gasteiger partial charge in [-0.2, -0.15) is 11.8 Å². The average molecular weight is 385 g/mol. The summed E-state index contributed by atoms with van der Waals surface area (Å²) < 4.78 is 12.2. The third kappa shape index (κ3) is 4.49. The van der Waals surface area contributed by atoms with Crippen LogP contribution in [0.2, 0.25) is 0 Å². The van der Waals surface area contributed by atoms with Gasteiger partial charge in [0, 0.05) is 18.4 Å². The quantitative estimate of drug-likeness (QED) is 0.581. The number of hydrogen-bond donors (Lipinski definition) is 2. The van der Waals surface area contributed by atoms with E-state index >= 15 is 0 Å². The van der Waals surface area contributed by atoms with Crippen LogP contribution in [0.3, 0.4) is 0 Å². The molecular formula is C22H28N2O2S. The van der Waals surface area contributed by atoms with Gasteiger partial charge in [-0.05, 0) is 54.2 Å². The Labute approximate surface area is 165 Å². The Kier molecular flexibility index (Phi) is 6.03. The van der Waals surface area contributed by atoms with Crippen LogP contribution >= 0.6 is 11.8 Å². The smallest absolute Gasteiger partial charge is 0.120 e. The molecule has 4 rings (SSSR count). The molecule has 144 valence electrons. The first-order chi connectivity index (χ1) is 13.3. The van der Waals surface area contributed by atoms with Crippen LogP contribution in [-0.4, -0.2) is 23.7 Å². The summed E-state index contributed by atoms with van der Waals surface area (Å²) in [6.07, 6.45) is 3.27. The SMILES string of the molecule is NNC(c1cccc(OCc2ccccc2)c1)C1CCOC2(CCSC2)C1. The van der Waals surface area contributed by atoms with Gasteiger partial charge in [-0.15, -0.1) is 0 Å². The second-order valence-corrected chi connectivity index (χ2v) is 8.68. The van der Waals surface area contributed by atoms with Crippen molar-refractivity contribution >= 4 is 11.8 Å². The van der Waals surface area contributed by atoms with Crippen molar-refractivity contribution in [1.82, 2.24) is 5.43 Å². The van der Waals surface area contributed by atoms with Gasteiger partial charge in [0.05, 0.1) is 5.60 Å². The van der Waals surface area contributed by atoms with Crippen molar-refractivity contribution in [3.05, 3.63) is 65.7 Å². The lowest BCUT2D eigenvalue weighted by Crippen LogP contribution is -2.45. The van der Waals surface area contributed by atoms with E-state index in [0.29, 0.717) is 12.5 Å². The van der Waals surface area contributed by atoms with Gasteiger partial charge < -0.3 is 9.47 Å². The van der Waals surface area contributed by atoms with Gasteiger partial charge >= 0.3 is 0 Å². The Bertz CT molecular complexity index is 734. The molecule has 2 fully saturated rings. The number of hydrazine groups is 1. The molecule has 2 aromatic rings. The largest absolute Gasteiger partial charge is 0.489 e. The highest BCUT2D eigenvalue weighted by Crippen LogP contribution is 2.44. The molecule has 0 bridgehead atoms. The summed E-state index contributed by atoms with van der Waals surface area (Å²) in [5, 5.41) is 0. The Morgan fingerprint density at radius 2 is 2.11 bits per heavy atom. The molecule has 2 aliphatic rings. The van der Waals surface area contributed by atoms with Gasteiger partial charge in [-0.1, -0.05) is 42.5 Å². The van der Waals surface area contributed by atoms with Crippen molar-refractivity contribution in [3.63, 3.8) is 0 Å². The van der Waals surface area contributed by atoms with E-state index in [1.165, 1.54) is 16.9 Å². The molecule has 27 heavy (non-hydrogen) atoms. The minimum Gasteiger partial charge on any atom is -0.489 e. The number of thioether (sulfide) groups is 1. The maximum atomic E-state index is 6.18. The zero-order valence-electron chi connectivity index (χ0n) is 15.6. The molecule has 3 unspecified atom stereocenters. The molecule has 5 heteroatoms. The standard InChI is InChI=1S/C22H28N2O2S/c23-24-21(19-9-11-26-22(14-19)10-12-27-16-22)18-7-4-8-20(13-18)25-15-17-5-2-1-3-6-17/h1-8,13,19,21,24H,9-12,14-16,23H2. The van der Waals surface area contributed by atoms with Gasteiger partial charge in [0.1, 0.15) is 12.4 Å². The molecule has 0 radical (unpaired) electrons. The summed E-state index contributed by atoms with van der Waals surface area (Å²) in [4.78, 5) is 0. The monoisotopic (exact) mass is 384 g/mol. The first-order valence-corrected chi connectivity index (χ1v) is 10.9. The molecule has 0 saturated carbocycles. The summed E-state index contributed by atoms with van der Waals surface area (Å²) >= 11 is 2.01. The molecule has 3 atom stereocenters. The molecule has 1 spiro atoms. The zero-order valence-corrected chi connectivity index (χ0v) is 16.4. The fourth-order valence-electron chi connectivity index (χ4n) is 4.26. The summed E-state index contributed by atoms with van der Waals surface area (Å²) in [6.45, 7) is 1.40. The third-order valence-electron chi connectivity index (χ3n) is 5.71. The van der Waals surface area contributed by atoms with Crippen LogP contribution in [0.5, 0.6) is 5.75 Å². The first kappa shape index (κ1) is 18.8. The molecule has 2 saturated heterocycles. The molecule has 3 N–H and O–H groups in total. The van der Waals surface area contributed by atoms with Crippen LogP contribution in [0.4, 0.5) is 0 Å². The normalized spacial score (nSPS) is 26.2. The Balaban J connectivity index is 1.45. The molecule has 0 amide bonds.